The van der Waals surface area contributed by atoms with Crippen molar-refractivity contribution in [2.75, 3.05) is 10.6 Å². The summed E-state index contributed by atoms with van der Waals surface area (Å²) in [6, 6.07) is 18.9. The van der Waals surface area contributed by atoms with E-state index in [2.05, 4.69) is 52.4 Å². The van der Waals surface area contributed by atoms with Gasteiger partial charge in [0, 0.05) is 53.5 Å². The fourth-order valence-corrected chi connectivity index (χ4v) is 3.98. The highest BCUT2D eigenvalue weighted by Crippen LogP contribution is 2.29. The van der Waals surface area contributed by atoms with Crippen molar-refractivity contribution in [2.24, 2.45) is 10.2 Å². The van der Waals surface area contributed by atoms with Crippen LogP contribution in [0, 0.1) is 19.3 Å². The zero-order valence-corrected chi connectivity index (χ0v) is 23.2. The Morgan fingerprint density at radius 2 is 1.45 bits per heavy atom. The van der Waals surface area contributed by atoms with E-state index in [1.165, 1.54) is 6.21 Å². The SMILES string of the molecule is C=C/C=C(\C=N)c1ccnc(Nc2cc(N=Nc3ccc(C)c(Nc4nccc(-c5cccnc5)n4)c3)ccc2C)n1. The third kappa shape index (κ3) is 6.80. The Kier molecular flexibility index (Phi) is 8.54. The van der Waals surface area contributed by atoms with Gasteiger partial charge in [0.25, 0.3) is 0 Å². The van der Waals surface area contributed by atoms with Crippen LogP contribution in [0.25, 0.3) is 16.8 Å². The highest BCUT2D eigenvalue weighted by Gasteiger charge is 2.08. The maximum atomic E-state index is 7.64. The van der Waals surface area contributed by atoms with Crippen molar-refractivity contribution >= 4 is 46.4 Å². The van der Waals surface area contributed by atoms with E-state index in [4.69, 9.17) is 5.41 Å². The first-order chi connectivity index (χ1) is 20.5. The third-order valence-corrected chi connectivity index (χ3v) is 6.23. The number of azo groups is 1. The number of allylic oxidation sites excluding steroid dienone is 3. The molecular weight excluding hydrogens is 524 g/mol. The predicted molar refractivity (Wildman–Crippen MR) is 167 cm³/mol. The van der Waals surface area contributed by atoms with E-state index in [-0.39, 0.29) is 0 Å². The Bertz CT molecular complexity index is 1800. The molecule has 0 aliphatic rings. The van der Waals surface area contributed by atoms with Crippen LogP contribution in [-0.4, -0.2) is 31.1 Å². The minimum atomic E-state index is 0.408. The van der Waals surface area contributed by atoms with Crippen LogP contribution >= 0.6 is 0 Å². The van der Waals surface area contributed by atoms with Crippen LogP contribution < -0.4 is 10.6 Å². The van der Waals surface area contributed by atoms with Gasteiger partial charge < -0.3 is 16.0 Å². The minimum absolute atomic E-state index is 0.408. The maximum Gasteiger partial charge on any atom is 0.227 e. The molecule has 0 saturated heterocycles. The number of aryl methyl sites for hydroxylation is 2. The van der Waals surface area contributed by atoms with E-state index < -0.39 is 0 Å². The van der Waals surface area contributed by atoms with E-state index >= 15 is 0 Å². The molecule has 10 nitrogen and oxygen atoms in total. The van der Waals surface area contributed by atoms with Crippen molar-refractivity contribution in [1.82, 2.24) is 24.9 Å². The lowest BCUT2D eigenvalue weighted by Crippen LogP contribution is -2.01. The molecule has 0 unspecified atom stereocenters. The Balaban J connectivity index is 1.33. The van der Waals surface area contributed by atoms with Crippen LogP contribution in [0.1, 0.15) is 16.8 Å². The number of hydrogen-bond acceptors (Lipinski definition) is 10. The predicted octanol–water partition coefficient (Wildman–Crippen LogP) is 8.07. The highest BCUT2D eigenvalue weighted by atomic mass is 15.1. The summed E-state index contributed by atoms with van der Waals surface area (Å²) in [6.07, 6.45) is 11.4. The van der Waals surface area contributed by atoms with Gasteiger partial charge in [0.15, 0.2) is 0 Å². The standard InChI is InChI=1S/C32H28N10/c1-4-6-23(19-33)27-12-15-35-31(37-27)39-29-17-25(10-8-21(29)2)41-42-26-11-9-22(3)30(18-26)40-32-36-16-13-28(38-32)24-7-5-14-34-20-24/h4-20,33H,1H2,2-3H3,(H,35,37,39)(H,36,38,40)/b23-6+,33-19?,42-41?. The zero-order chi connectivity index (χ0) is 29.3. The molecule has 0 radical (unpaired) electrons. The molecule has 0 atom stereocenters. The molecule has 0 aliphatic heterocycles. The Morgan fingerprint density at radius 1 is 0.810 bits per heavy atom. The quantitative estimate of drug-likeness (QED) is 0.0905. The Labute approximate surface area is 243 Å². The highest BCUT2D eigenvalue weighted by molar-refractivity contribution is 6.07. The fourth-order valence-electron chi connectivity index (χ4n) is 3.98. The summed E-state index contributed by atoms with van der Waals surface area (Å²) >= 11 is 0. The van der Waals surface area contributed by atoms with E-state index in [9.17, 15) is 0 Å². The number of aromatic nitrogens is 5. The first-order valence-electron chi connectivity index (χ1n) is 13.1. The molecule has 0 fully saturated rings. The van der Waals surface area contributed by atoms with E-state index in [0.29, 0.717) is 34.5 Å². The molecule has 3 aromatic heterocycles. The molecule has 5 rings (SSSR count). The lowest BCUT2D eigenvalue weighted by atomic mass is 10.1. The van der Waals surface area contributed by atoms with Gasteiger partial charge in [-0.2, -0.15) is 10.2 Å². The molecule has 0 aliphatic carbocycles. The number of pyridine rings is 1. The molecule has 10 heteroatoms. The molecule has 0 spiro atoms. The van der Waals surface area contributed by atoms with Gasteiger partial charge in [-0.15, -0.1) is 0 Å². The van der Waals surface area contributed by atoms with E-state index in [1.807, 2.05) is 68.4 Å². The minimum Gasteiger partial charge on any atom is -0.324 e. The van der Waals surface area contributed by atoms with Gasteiger partial charge in [-0.25, -0.2) is 19.9 Å². The molecule has 2 aromatic carbocycles. The molecule has 5 aromatic rings. The first kappa shape index (κ1) is 27.7. The van der Waals surface area contributed by atoms with Gasteiger partial charge in [0.2, 0.25) is 11.9 Å². The molecular formula is C32H28N10. The molecule has 3 heterocycles. The summed E-state index contributed by atoms with van der Waals surface area (Å²) in [5.41, 5.74) is 7.90. The van der Waals surface area contributed by atoms with Crippen LogP contribution in [0.15, 0.2) is 114 Å². The Hall–Kier alpha value is -5.90. The summed E-state index contributed by atoms with van der Waals surface area (Å²) in [4.78, 5) is 22.0. The van der Waals surface area contributed by atoms with Crippen molar-refractivity contribution in [3.05, 3.63) is 121 Å². The van der Waals surface area contributed by atoms with Crippen LogP contribution in [0.2, 0.25) is 0 Å². The number of nitrogens with zero attached hydrogens (tertiary/aromatic N) is 7. The lowest BCUT2D eigenvalue weighted by Gasteiger charge is -2.10. The maximum absolute atomic E-state index is 7.64. The van der Waals surface area contributed by atoms with Crippen molar-refractivity contribution in [3.63, 3.8) is 0 Å². The zero-order valence-electron chi connectivity index (χ0n) is 23.2. The molecule has 206 valence electrons. The van der Waals surface area contributed by atoms with E-state index in [1.54, 1.807) is 43.0 Å². The van der Waals surface area contributed by atoms with Crippen molar-refractivity contribution in [1.29, 1.82) is 5.41 Å². The van der Waals surface area contributed by atoms with Crippen molar-refractivity contribution in [2.45, 2.75) is 13.8 Å². The fraction of sp³-hybridized carbons (Fsp3) is 0.0625. The van der Waals surface area contributed by atoms with Crippen LogP contribution in [0.5, 0.6) is 0 Å². The number of benzene rings is 2. The van der Waals surface area contributed by atoms with Gasteiger partial charge >= 0.3 is 0 Å². The number of hydrogen-bond donors (Lipinski definition) is 3. The van der Waals surface area contributed by atoms with Gasteiger partial charge in [-0.05, 0) is 73.5 Å². The van der Waals surface area contributed by atoms with Crippen LogP contribution in [0.4, 0.5) is 34.6 Å². The van der Waals surface area contributed by atoms with Crippen LogP contribution in [0.3, 0.4) is 0 Å². The number of anilines is 4. The Morgan fingerprint density at radius 3 is 2.05 bits per heavy atom. The normalized spacial score (nSPS) is 11.3. The van der Waals surface area contributed by atoms with Gasteiger partial charge in [0.1, 0.15) is 0 Å². The van der Waals surface area contributed by atoms with Crippen molar-refractivity contribution in [3.8, 4) is 11.3 Å². The second-order valence-electron chi connectivity index (χ2n) is 9.22. The largest absolute Gasteiger partial charge is 0.324 e. The molecule has 3 N–H and O–H groups in total. The molecule has 0 saturated carbocycles. The van der Waals surface area contributed by atoms with Gasteiger partial charge in [-0.3, -0.25) is 4.98 Å². The third-order valence-electron chi connectivity index (χ3n) is 6.23. The molecule has 42 heavy (non-hydrogen) atoms. The van der Waals surface area contributed by atoms with Gasteiger partial charge in [-0.1, -0.05) is 30.9 Å². The second-order valence-corrected chi connectivity index (χ2v) is 9.22. The lowest BCUT2D eigenvalue weighted by molar-refractivity contribution is 1.14. The average molecular weight is 553 g/mol. The summed E-state index contributed by atoms with van der Waals surface area (Å²) in [7, 11) is 0. The number of rotatable bonds is 10. The summed E-state index contributed by atoms with van der Waals surface area (Å²) in [5.74, 6) is 0.882. The van der Waals surface area contributed by atoms with Crippen LogP contribution in [-0.2, 0) is 0 Å². The summed E-state index contributed by atoms with van der Waals surface area (Å²) < 4.78 is 0. The second kappa shape index (κ2) is 13.0. The van der Waals surface area contributed by atoms with Gasteiger partial charge in [0.05, 0.1) is 22.8 Å². The van der Waals surface area contributed by atoms with E-state index in [0.717, 1.165) is 33.8 Å². The number of nitrogens with one attached hydrogen (secondary N) is 3. The monoisotopic (exact) mass is 552 g/mol. The summed E-state index contributed by atoms with van der Waals surface area (Å²) in [6.45, 7) is 7.68. The average Bonchev–Trinajstić information content (AvgIpc) is 3.02. The molecule has 0 amide bonds. The molecule has 0 bridgehead atoms. The van der Waals surface area contributed by atoms with Crippen molar-refractivity contribution < 1.29 is 0 Å². The first-order valence-corrected chi connectivity index (χ1v) is 13.1. The summed E-state index contributed by atoms with van der Waals surface area (Å²) in [5, 5.41) is 23.1. The smallest absolute Gasteiger partial charge is 0.227 e. The topological polar surface area (TPSA) is 137 Å².